The summed E-state index contributed by atoms with van der Waals surface area (Å²) in [7, 11) is 0. The van der Waals surface area contributed by atoms with Crippen molar-refractivity contribution in [1.82, 2.24) is 20.5 Å². The largest absolute Gasteiger partial charge is 0.490 e. The number of alkyl halides is 3. The number of rotatable bonds is 7. The molecule has 1 saturated heterocycles. The molecule has 2 aromatic heterocycles. The quantitative estimate of drug-likeness (QED) is 0.563. The Morgan fingerprint density at radius 2 is 1.76 bits per heavy atom. The van der Waals surface area contributed by atoms with Gasteiger partial charge >= 0.3 is 6.18 Å². The monoisotopic (exact) mass is 471 g/mol. The molecule has 1 N–H and O–H groups in total. The standard InChI is InChI=1S/C24H24F3N5O2/c25-24(26,27)19-3-1-2-4-21(19)34-18-10-15-32(16-11-18)22-6-5-20(30-31-22)23(33)29-14-9-17-7-12-28-13-8-17/h1-8,12-13,18H,9-11,14-16H2,(H,29,33). The van der Waals surface area contributed by atoms with Gasteiger partial charge < -0.3 is 15.0 Å². The molecule has 0 bridgehead atoms. The van der Waals surface area contributed by atoms with E-state index in [0.717, 1.165) is 11.6 Å². The Bertz CT molecular complexity index is 1090. The summed E-state index contributed by atoms with van der Waals surface area (Å²) >= 11 is 0. The van der Waals surface area contributed by atoms with Crippen LogP contribution >= 0.6 is 0 Å². The lowest BCUT2D eigenvalue weighted by Gasteiger charge is -2.33. The topological polar surface area (TPSA) is 80.2 Å². The number of piperidine rings is 1. The maximum absolute atomic E-state index is 13.2. The highest BCUT2D eigenvalue weighted by molar-refractivity contribution is 5.92. The Labute approximate surface area is 195 Å². The highest BCUT2D eigenvalue weighted by atomic mass is 19.4. The number of halogens is 3. The van der Waals surface area contributed by atoms with E-state index in [1.54, 1.807) is 24.5 Å². The SMILES string of the molecule is O=C(NCCc1ccncc1)c1ccc(N2CCC(Oc3ccccc3C(F)(F)F)CC2)nn1. The van der Waals surface area contributed by atoms with Crippen LogP contribution in [0.4, 0.5) is 19.0 Å². The van der Waals surface area contributed by atoms with Crippen molar-refractivity contribution in [2.75, 3.05) is 24.5 Å². The number of aromatic nitrogens is 3. The molecular weight excluding hydrogens is 447 g/mol. The maximum Gasteiger partial charge on any atom is 0.419 e. The molecule has 1 aliphatic heterocycles. The van der Waals surface area contributed by atoms with E-state index >= 15 is 0 Å². The van der Waals surface area contributed by atoms with Crippen molar-refractivity contribution in [1.29, 1.82) is 0 Å². The molecule has 10 heteroatoms. The third-order valence-electron chi connectivity index (χ3n) is 5.58. The third kappa shape index (κ3) is 6.00. The van der Waals surface area contributed by atoms with Gasteiger partial charge in [-0.2, -0.15) is 13.2 Å². The van der Waals surface area contributed by atoms with Crippen LogP contribution in [0.15, 0.2) is 60.9 Å². The number of carbonyl (C=O) groups excluding carboxylic acids is 1. The molecule has 3 heterocycles. The molecule has 178 valence electrons. The summed E-state index contributed by atoms with van der Waals surface area (Å²) in [5.41, 5.74) is 0.532. The normalized spacial score (nSPS) is 14.6. The molecule has 1 amide bonds. The molecule has 3 aromatic rings. The molecule has 0 aliphatic carbocycles. The van der Waals surface area contributed by atoms with Gasteiger partial charge in [0.1, 0.15) is 11.9 Å². The molecule has 0 unspecified atom stereocenters. The average molecular weight is 471 g/mol. The summed E-state index contributed by atoms with van der Waals surface area (Å²) in [6.07, 6.45) is 0.411. The van der Waals surface area contributed by atoms with Crippen LogP contribution in [0.25, 0.3) is 0 Å². The Balaban J connectivity index is 1.27. The van der Waals surface area contributed by atoms with E-state index in [0.29, 0.717) is 44.7 Å². The number of pyridine rings is 1. The first kappa shape index (κ1) is 23.5. The summed E-state index contributed by atoms with van der Waals surface area (Å²) < 4.78 is 45.2. The van der Waals surface area contributed by atoms with Crippen molar-refractivity contribution in [2.45, 2.75) is 31.5 Å². The van der Waals surface area contributed by atoms with Gasteiger partial charge in [-0.1, -0.05) is 12.1 Å². The zero-order chi connectivity index (χ0) is 24.0. The van der Waals surface area contributed by atoms with E-state index < -0.39 is 11.7 Å². The van der Waals surface area contributed by atoms with Crippen LogP contribution in [0.5, 0.6) is 5.75 Å². The predicted octanol–water partition coefficient (Wildman–Crippen LogP) is 3.91. The minimum Gasteiger partial charge on any atom is -0.490 e. The number of hydrogen-bond acceptors (Lipinski definition) is 6. The van der Waals surface area contributed by atoms with Crippen LogP contribution in [0, 0.1) is 0 Å². The number of benzene rings is 1. The molecule has 0 radical (unpaired) electrons. The molecule has 0 saturated carbocycles. The molecule has 7 nitrogen and oxygen atoms in total. The van der Waals surface area contributed by atoms with Crippen LogP contribution in [-0.4, -0.2) is 46.8 Å². The Morgan fingerprint density at radius 1 is 1.03 bits per heavy atom. The van der Waals surface area contributed by atoms with E-state index in [1.165, 1.54) is 18.2 Å². The first-order chi connectivity index (χ1) is 16.4. The number of ether oxygens (including phenoxy) is 1. The van der Waals surface area contributed by atoms with Crippen molar-refractivity contribution in [3.63, 3.8) is 0 Å². The molecule has 0 spiro atoms. The fraction of sp³-hybridized carbons (Fsp3) is 0.333. The van der Waals surface area contributed by atoms with E-state index in [4.69, 9.17) is 4.74 Å². The fourth-order valence-corrected chi connectivity index (χ4v) is 3.76. The van der Waals surface area contributed by atoms with Gasteiger partial charge in [-0.25, -0.2) is 0 Å². The number of amides is 1. The molecule has 34 heavy (non-hydrogen) atoms. The highest BCUT2D eigenvalue weighted by Gasteiger charge is 2.35. The number of nitrogens with zero attached hydrogens (tertiary/aromatic N) is 4. The lowest BCUT2D eigenvalue weighted by atomic mass is 10.1. The van der Waals surface area contributed by atoms with Gasteiger partial charge in [-0.3, -0.25) is 9.78 Å². The lowest BCUT2D eigenvalue weighted by molar-refractivity contribution is -0.139. The Hall–Kier alpha value is -3.69. The van der Waals surface area contributed by atoms with Crippen LogP contribution in [0.1, 0.15) is 34.5 Å². The molecule has 4 rings (SSSR count). The zero-order valence-corrected chi connectivity index (χ0v) is 18.3. The maximum atomic E-state index is 13.2. The summed E-state index contributed by atoms with van der Waals surface area (Å²) in [6.45, 7) is 1.59. The minimum absolute atomic E-state index is 0.146. The van der Waals surface area contributed by atoms with Gasteiger partial charge in [0.25, 0.3) is 5.91 Å². The summed E-state index contributed by atoms with van der Waals surface area (Å²) in [6, 6.07) is 12.4. The first-order valence-corrected chi connectivity index (χ1v) is 11.0. The van der Waals surface area contributed by atoms with Crippen LogP contribution in [0.2, 0.25) is 0 Å². The highest BCUT2D eigenvalue weighted by Crippen LogP contribution is 2.37. The Morgan fingerprint density at radius 3 is 2.44 bits per heavy atom. The molecular formula is C24H24F3N5O2. The van der Waals surface area contributed by atoms with E-state index in [1.807, 2.05) is 17.0 Å². The van der Waals surface area contributed by atoms with Crippen molar-refractivity contribution in [3.05, 3.63) is 77.7 Å². The predicted molar refractivity (Wildman–Crippen MR) is 120 cm³/mol. The Kier molecular flexibility index (Phi) is 7.24. The van der Waals surface area contributed by atoms with Crippen molar-refractivity contribution in [3.8, 4) is 5.75 Å². The number of nitrogens with one attached hydrogen (secondary N) is 1. The zero-order valence-electron chi connectivity index (χ0n) is 18.3. The number of carbonyl (C=O) groups is 1. The summed E-state index contributed by atoms with van der Waals surface area (Å²) in [4.78, 5) is 18.2. The minimum atomic E-state index is -4.46. The molecule has 1 aliphatic rings. The van der Waals surface area contributed by atoms with Crippen LogP contribution < -0.4 is 15.0 Å². The van der Waals surface area contributed by atoms with Crippen molar-refractivity contribution >= 4 is 11.7 Å². The van der Waals surface area contributed by atoms with E-state index in [2.05, 4.69) is 20.5 Å². The van der Waals surface area contributed by atoms with Gasteiger partial charge in [0.15, 0.2) is 11.5 Å². The summed E-state index contributed by atoms with van der Waals surface area (Å²) in [5.74, 6) is 0.165. The van der Waals surface area contributed by atoms with Crippen molar-refractivity contribution in [2.24, 2.45) is 0 Å². The summed E-state index contributed by atoms with van der Waals surface area (Å²) in [5, 5.41) is 11.0. The number of para-hydroxylation sites is 1. The van der Waals surface area contributed by atoms with Gasteiger partial charge in [0.2, 0.25) is 0 Å². The number of hydrogen-bond donors (Lipinski definition) is 1. The van der Waals surface area contributed by atoms with Gasteiger partial charge in [0, 0.05) is 44.9 Å². The lowest BCUT2D eigenvalue weighted by Crippen LogP contribution is -2.39. The second kappa shape index (κ2) is 10.5. The third-order valence-corrected chi connectivity index (χ3v) is 5.58. The van der Waals surface area contributed by atoms with Gasteiger partial charge in [0.05, 0.1) is 5.56 Å². The first-order valence-electron chi connectivity index (χ1n) is 11.0. The van der Waals surface area contributed by atoms with Crippen molar-refractivity contribution < 1.29 is 22.7 Å². The molecule has 0 atom stereocenters. The second-order valence-corrected chi connectivity index (χ2v) is 7.94. The van der Waals surface area contributed by atoms with Crippen LogP contribution in [-0.2, 0) is 12.6 Å². The molecule has 1 fully saturated rings. The van der Waals surface area contributed by atoms with Crippen LogP contribution in [0.3, 0.4) is 0 Å². The van der Waals surface area contributed by atoms with E-state index in [-0.39, 0.29) is 23.5 Å². The van der Waals surface area contributed by atoms with E-state index in [9.17, 15) is 18.0 Å². The van der Waals surface area contributed by atoms with Gasteiger partial charge in [-0.05, 0) is 48.4 Å². The second-order valence-electron chi connectivity index (χ2n) is 7.94. The average Bonchev–Trinajstić information content (AvgIpc) is 2.85. The molecule has 1 aromatic carbocycles. The fourth-order valence-electron chi connectivity index (χ4n) is 3.76. The van der Waals surface area contributed by atoms with Gasteiger partial charge in [-0.15, -0.1) is 10.2 Å². The number of anilines is 1. The smallest absolute Gasteiger partial charge is 0.419 e.